The SMILES string of the molecule is CCc1ccc(S(=O)(=O)Nc2nc(C)cc(C)n2)cc1N. The smallest absolute Gasteiger partial charge is 0.264 e. The van der Waals surface area contributed by atoms with E-state index in [-0.39, 0.29) is 10.8 Å². The number of nitrogens with two attached hydrogens (primary N) is 1. The minimum Gasteiger partial charge on any atom is -0.398 e. The number of nitrogens with one attached hydrogen (secondary N) is 1. The van der Waals surface area contributed by atoms with E-state index in [0.29, 0.717) is 17.1 Å². The van der Waals surface area contributed by atoms with Gasteiger partial charge in [0.2, 0.25) is 5.95 Å². The molecular formula is C14H18N4O2S. The van der Waals surface area contributed by atoms with Crippen LogP contribution in [0.5, 0.6) is 0 Å². The second-order valence-corrected chi connectivity index (χ2v) is 6.48. The molecule has 2 aromatic rings. The predicted molar refractivity (Wildman–Crippen MR) is 82.5 cm³/mol. The van der Waals surface area contributed by atoms with Gasteiger partial charge in [-0.3, -0.25) is 0 Å². The quantitative estimate of drug-likeness (QED) is 0.842. The highest BCUT2D eigenvalue weighted by molar-refractivity contribution is 7.92. The third-order valence-corrected chi connectivity index (χ3v) is 4.34. The number of hydrogen-bond acceptors (Lipinski definition) is 5. The van der Waals surface area contributed by atoms with Crippen LogP contribution in [0.1, 0.15) is 23.9 Å². The van der Waals surface area contributed by atoms with E-state index >= 15 is 0 Å². The summed E-state index contributed by atoms with van der Waals surface area (Å²) in [5.41, 5.74) is 8.61. The Morgan fingerprint density at radius 3 is 2.29 bits per heavy atom. The van der Waals surface area contributed by atoms with E-state index in [1.165, 1.54) is 12.1 Å². The van der Waals surface area contributed by atoms with E-state index in [1.807, 2.05) is 6.92 Å². The molecular weight excluding hydrogens is 288 g/mol. The van der Waals surface area contributed by atoms with Crippen molar-refractivity contribution in [2.75, 3.05) is 10.5 Å². The molecule has 2 rings (SSSR count). The number of aromatic nitrogens is 2. The van der Waals surface area contributed by atoms with Gasteiger partial charge in [-0.15, -0.1) is 0 Å². The first-order valence-corrected chi connectivity index (χ1v) is 8.03. The molecule has 0 aliphatic carbocycles. The van der Waals surface area contributed by atoms with Gasteiger partial charge in [0.1, 0.15) is 0 Å². The first-order chi connectivity index (χ1) is 9.81. The summed E-state index contributed by atoms with van der Waals surface area (Å²) in [6.07, 6.45) is 0.750. The lowest BCUT2D eigenvalue weighted by Crippen LogP contribution is -2.16. The first kappa shape index (κ1) is 15.2. The molecule has 1 aromatic carbocycles. The van der Waals surface area contributed by atoms with Crippen molar-refractivity contribution in [3.8, 4) is 0 Å². The van der Waals surface area contributed by atoms with E-state index < -0.39 is 10.0 Å². The summed E-state index contributed by atoms with van der Waals surface area (Å²) >= 11 is 0. The normalized spacial score (nSPS) is 11.4. The van der Waals surface area contributed by atoms with E-state index in [9.17, 15) is 8.42 Å². The van der Waals surface area contributed by atoms with Crippen LogP contribution in [0.25, 0.3) is 0 Å². The minimum atomic E-state index is -3.75. The molecule has 1 aromatic heterocycles. The molecule has 0 amide bonds. The third-order valence-electron chi connectivity index (χ3n) is 3.02. The maximum atomic E-state index is 12.3. The largest absolute Gasteiger partial charge is 0.398 e. The van der Waals surface area contributed by atoms with Gasteiger partial charge in [0, 0.05) is 17.1 Å². The van der Waals surface area contributed by atoms with Crippen LogP contribution in [0.15, 0.2) is 29.2 Å². The van der Waals surface area contributed by atoms with E-state index in [0.717, 1.165) is 12.0 Å². The molecule has 0 aliphatic rings. The topological polar surface area (TPSA) is 98.0 Å². The number of rotatable bonds is 4. The van der Waals surface area contributed by atoms with Crippen LogP contribution in [0, 0.1) is 13.8 Å². The molecule has 0 radical (unpaired) electrons. The number of hydrogen-bond donors (Lipinski definition) is 2. The van der Waals surface area contributed by atoms with E-state index in [2.05, 4.69) is 14.7 Å². The maximum Gasteiger partial charge on any atom is 0.264 e. The van der Waals surface area contributed by atoms with Crippen LogP contribution in [0.2, 0.25) is 0 Å². The van der Waals surface area contributed by atoms with Crippen LogP contribution in [-0.2, 0) is 16.4 Å². The highest BCUT2D eigenvalue weighted by Crippen LogP contribution is 2.20. The molecule has 0 atom stereocenters. The summed E-state index contributed by atoms with van der Waals surface area (Å²) in [5, 5.41) is 0. The van der Waals surface area contributed by atoms with Crippen molar-refractivity contribution in [3.63, 3.8) is 0 Å². The standard InChI is InChI=1S/C14H18N4O2S/c1-4-11-5-6-12(8-13(11)15)21(19,20)18-14-16-9(2)7-10(3)17-14/h5-8H,4,15H2,1-3H3,(H,16,17,18). The Kier molecular flexibility index (Phi) is 4.13. The predicted octanol–water partition coefficient (Wildman–Crippen LogP) is 2.04. The van der Waals surface area contributed by atoms with Gasteiger partial charge < -0.3 is 5.73 Å². The Morgan fingerprint density at radius 1 is 1.14 bits per heavy atom. The van der Waals surface area contributed by atoms with Crippen molar-refractivity contribution < 1.29 is 8.42 Å². The second-order valence-electron chi connectivity index (χ2n) is 4.79. The van der Waals surface area contributed by atoms with Gasteiger partial charge >= 0.3 is 0 Å². The Bertz CT molecular complexity index is 752. The zero-order valence-corrected chi connectivity index (χ0v) is 13.0. The van der Waals surface area contributed by atoms with Gasteiger partial charge in [-0.1, -0.05) is 13.0 Å². The molecule has 0 fully saturated rings. The fourth-order valence-electron chi connectivity index (χ4n) is 2.01. The lowest BCUT2D eigenvalue weighted by atomic mass is 10.1. The summed E-state index contributed by atoms with van der Waals surface area (Å²) in [6, 6.07) is 6.46. The molecule has 0 aliphatic heterocycles. The Labute approximate surface area is 124 Å². The molecule has 0 saturated heterocycles. The van der Waals surface area contributed by atoms with Crippen molar-refractivity contribution in [1.82, 2.24) is 9.97 Å². The number of nitrogens with zero attached hydrogens (tertiary/aromatic N) is 2. The molecule has 21 heavy (non-hydrogen) atoms. The number of aryl methyl sites for hydroxylation is 3. The zero-order chi connectivity index (χ0) is 15.6. The van der Waals surface area contributed by atoms with Gasteiger partial charge in [0.05, 0.1) is 4.90 Å². The van der Waals surface area contributed by atoms with Crippen LogP contribution in [-0.4, -0.2) is 18.4 Å². The van der Waals surface area contributed by atoms with Crippen molar-refractivity contribution in [3.05, 3.63) is 41.2 Å². The molecule has 6 nitrogen and oxygen atoms in total. The molecule has 0 bridgehead atoms. The van der Waals surface area contributed by atoms with Gasteiger partial charge in [0.25, 0.3) is 10.0 Å². The molecule has 3 N–H and O–H groups in total. The van der Waals surface area contributed by atoms with E-state index in [4.69, 9.17) is 5.73 Å². The van der Waals surface area contributed by atoms with Crippen molar-refractivity contribution in [2.24, 2.45) is 0 Å². The third kappa shape index (κ3) is 3.49. The molecule has 0 spiro atoms. The first-order valence-electron chi connectivity index (χ1n) is 6.55. The zero-order valence-electron chi connectivity index (χ0n) is 12.2. The Morgan fingerprint density at radius 2 is 1.76 bits per heavy atom. The molecule has 112 valence electrons. The minimum absolute atomic E-state index is 0.0608. The highest BCUT2D eigenvalue weighted by Gasteiger charge is 2.17. The van der Waals surface area contributed by atoms with Gasteiger partial charge in [0.15, 0.2) is 0 Å². The molecule has 7 heteroatoms. The summed E-state index contributed by atoms with van der Waals surface area (Å²) in [6.45, 7) is 5.52. The summed E-state index contributed by atoms with van der Waals surface area (Å²) in [4.78, 5) is 8.23. The van der Waals surface area contributed by atoms with E-state index in [1.54, 1.807) is 26.0 Å². The monoisotopic (exact) mass is 306 g/mol. The lowest BCUT2D eigenvalue weighted by molar-refractivity contribution is 0.600. The van der Waals surface area contributed by atoms with Gasteiger partial charge in [-0.2, -0.15) is 0 Å². The molecule has 1 heterocycles. The fourth-order valence-corrected chi connectivity index (χ4v) is 2.99. The molecule has 0 unspecified atom stereocenters. The Balaban J connectivity index is 2.36. The van der Waals surface area contributed by atoms with Crippen LogP contribution in [0.3, 0.4) is 0 Å². The summed E-state index contributed by atoms with van der Waals surface area (Å²) < 4.78 is 27.0. The Hall–Kier alpha value is -2.15. The fraction of sp³-hybridized carbons (Fsp3) is 0.286. The van der Waals surface area contributed by atoms with Crippen molar-refractivity contribution in [1.29, 1.82) is 0 Å². The second kappa shape index (κ2) is 5.69. The average molecular weight is 306 g/mol. The average Bonchev–Trinajstić information content (AvgIpc) is 2.36. The van der Waals surface area contributed by atoms with Crippen LogP contribution >= 0.6 is 0 Å². The number of sulfonamides is 1. The van der Waals surface area contributed by atoms with Crippen molar-refractivity contribution >= 4 is 21.7 Å². The number of nitrogen functional groups attached to an aromatic ring is 1. The van der Waals surface area contributed by atoms with Crippen LogP contribution < -0.4 is 10.5 Å². The number of benzene rings is 1. The lowest BCUT2D eigenvalue weighted by Gasteiger charge is -2.10. The molecule has 0 saturated carbocycles. The van der Waals surface area contributed by atoms with Gasteiger partial charge in [-0.25, -0.2) is 23.1 Å². The number of anilines is 2. The summed E-state index contributed by atoms with van der Waals surface area (Å²) in [7, 11) is -3.75. The highest BCUT2D eigenvalue weighted by atomic mass is 32.2. The van der Waals surface area contributed by atoms with Gasteiger partial charge in [-0.05, 0) is 44.0 Å². The van der Waals surface area contributed by atoms with Crippen LogP contribution in [0.4, 0.5) is 11.6 Å². The van der Waals surface area contributed by atoms with Crippen molar-refractivity contribution in [2.45, 2.75) is 32.1 Å². The summed E-state index contributed by atoms with van der Waals surface area (Å²) in [5.74, 6) is 0.0608. The maximum absolute atomic E-state index is 12.3.